The summed E-state index contributed by atoms with van der Waals surface area (Å²) in [6, 6.07) is 10.5. The summed E-state index contributed by atoms with van der Waals surface area (Å²) in [5.41, 5.74) is 2.51. The molecule has 0 radical (unpaired) electrons. The van der Waals surface area contributed by atoms with Crippen molar-refractivity contribution in [3.63, 3.8) is 0 Å². The van der Waals surface area contributed by atoms with E-state index in [1.807, 2.05) is 6.07 Å². The van der Waals surface area contributed by atoms with Crippen molar-refractivity contribution in [2.24, 2.45) is 0 Å². The van der Waals surface area contributed by atoms with E-state index >= 15 is 0 Å². The van der Waals surface area contributed by atoms with Gasteiger partial charge in [-0.05, 0) is 42.8 Å². The van der Waals surface area contributed by atoms with Gasteiger partial charge in [-0.15, -0.1) is 0 Å². The van der Waals surface area contributed by atoms with E-state index < -0.39 is 11.8 Å². The molecule has 0 bridgehead atoms. The van der Waals surface area contributed by atoms with Gasteiger partial charge in [-0.2, -0.15) is 0 Å². The summed E-state index contributed by atoms with van der Waals surface area (Å²) in [4.78, 5) is 32.6. The van der Waals surface area contributed by atoms with Crippen molar-refractivity contribution in [2.75, 3.05) is 11.9 Å². The molecular weight excluding hydrogens is 386 g/mol. The van der Waals surface area contributed by atoms with Gasteiger partial charge in [0.2, 0.25) is 11.7 Å². The normalized spacial score (nSPS) is 15.0. The molecule has 0 fully saturated rings. The van der Waals surface area contributed by atoms with Crippen LogP contribution in [0.5, 0.6) is 0 Å². The lowest BCUT2D eigenvalue weighted by Gasteiger charge is -2.09. The zero-order valence-corrected chi connectivity index (χ0v) is 16.1. The van der Waals surface area contributed by atoms with E-state index in [1.54, 1.807) is 55.7 Å². The second kappa shape index (κ2) is 8.22. The average molecular weight is 405 g/mol. The summed E-state index contributed by atoms with van der Waals surface area (Å²) in [5.74, 6) is -1.33. The predicted octanol–water partition coefficient (Wildman–Crippen LogP) is 2.88. The van der Waals surface area contributed by atoms with Gasteiger partial charge in [-0.1, -0.05) is 12.1 Å². The summed E-state index contributed by atoms with van der Waals surface area (Å²) in [7, 11) is 0. The number of hydrogen-bond donors (Lipinski definition) is 3. The maximum absolute atomic E-state index is 12.9. The standard InChI is InChI=1S/C22H19N3O5/c1-2-29-22(28)18-19(27)17(10-14-11-24-20-16(14)4-3-9-23-20)30-21(18)25-15-7-5-13(12-26)6-8-15/h3-11,25-26H,2,12H2,1H3,(H,23,24). The molecule has 2 aromatic heterocycles. The highest BCUT2D eigenvalue weighted by Gasteiger charge is 2.37. The third-order valence-electron chi connectivity index (χ3n) is 4.53. The molecular formula is C22H19N3O5. The molecule has 4 rings (SSSR count). The highest BCUT2D eigenvalue weighted by Crippen LogP contribution is 2.30. The van der Waals surface area contributed by atoms with Crippen LogP contribution in [-0.2, 0) is 25.7 Å². The van der Waals surface area contributed by atoms with Gasteiger partial charge in [-0.3, -0.25) is 4.79 Å². The Morgan fingerprint density at radius 3 is 2.83 bits per heavy atom. The van der Waals surface area contributed by atoms with Gasteiger partial charge in [0.15, 0.2) is 11.3 Å². The second-order valence-electron chi connectivity index (χ2n) is 6.49. The minimum absolute atomic E-state index is 0.000542. The third kappa shape index (κ3) is 3.68. The fraction of sp³-hybridized carbons (Fsp3) is 0.136. The topological polar surface area (TPSA) is 114 Å². The van der Waals surface area contributed by atoms with E-state index in [4.69, 9.17) is 9.47 Å². The number of ether oxygens (including phenoxy) is 2. The highest BCUT2D eigenvalue weighted by molar-refractivity contribution is 6.26. The number of aromatic nitrogens is 2. The number of nitrogens with zero attached hydrogens (tertiary/aromatic N) is 1. The molecule has 0 unspecified atom stereocenters. The molecule has 3 aromatic rings. The van der Waals surface area contributed by atoms with Crippen LogP contribution in [0.3, 0.4) is 0 Å². The van der Waals surface area contributed by atoms with Crippen LogP contribution in [0, 0.1) is 0 Å². The fourth-order valence-electron chi connectivity index (χ4n) is 3.07. The molecule has 1 aromatic carbocycles. The molecule has 0 spiro atoms. The maximum Gasteiger partial charge on any atom is 0.347 e. The van der Waals surface area contributed by atoms with Gasteiger partial charge in [-0.25, -0.2) is 9.78 Å². The number of carbonyl (C=O) groups excluding carboxylic acids is 2. The van der Waals surface area contributed by atoms with Gasteiger partial charge in [0.05, 0.1) is 13.2 Å². The van der Waals surface area contributed by atoms with E-state index in [9.17, 15) is 14.7 Å². The number of hydrogen-bond acceptors (Lipinski definition) is 7. The van der Waals surface area contributed by atoms with Crippen molar-refractivity contribution in [3.8, 4) is 0 Å². The zero-order chi connectivity index (χ0) is 21.1. The first kappa shape index (κ1) is 19.4. The van der Waals surface area contributed by atoms with E-state index in [0.29, 0.717) is 16.9 Å². The lowest BCUT2D eigenvalue weighted by Crippen LogP contribution is -2.16. The number of H-pyrrole nitrogens is 1. The van der Waals surface area contributed by atoms with Crippen LogP contribution in [-0.4, -0.2) is 33.4 Å². The van der Waals surface area contributed by atoms with Gasteiger partial charge in [0.25, 0.3) is 0 Å². The largest absolute Gasteiger partial charge is 0.462 e. The fourth-order valence-corrected chi connectivity index (χ4v) is 3.07. The molecule has 1 aliphatic rings. The Morgan fingerprint density at radius 1 is 1.30 bits per heavy atom. The number of aromatic amines is 1. The van der Waals surface area contributed by atoms with E-state index in [0.717, 1.165) is 10.9 Å². The molecule has 8 nitrogen and oxygen atoms in total. The molecule has 1 aliphatic heterocycles. The van der Waals surface area contributed by atoms with Crippen LogP contribution in [0.2, 0.25) is 0 Å². The van der Waals surface area contributed by atoms with Crippen molar-refractivity contribution in [3.05, 3.63) is 77.1 Å². The number of ketones is 1. The number of fused-ring (bicyclic) bond motifs is 1. The summed E-state index contributed by atoms with van der Waals surface area (Å²) in [6.07, 6.45) is 4.94. The molecule has 0 atom stereocenters. The number of aliphatic hydroxyl groups is 1. The van der Waals surface area contributed by atoms with Crippen LogP contribution in [0.25, 0.3) is 17.1 Å². The number of anilines is 1. The molecule has 152 valence electrons. The van der Waals surface area contributed by atoms with Crippen LogP contribution in [0.1, 0.15) is 18.1 Å². The van der Waals surface area contributed by atoms with Gasteiger partial charge in [0, 0.05) is 29.0 Å². The molecule has 0 amide bonds. The molecule has 30 heavy (non-hydrogen) atoms. The van der Waals surface area contributed by atoms with E-state index in [-0.39, 0.29) is 30.4 Å². The molecule has 0 saturated heterocycles. The van der Waals surface area contributed by atoms with Crippen LogP contribution in [0.4, 0.5) is 5.69 Å². The zero-order valence-electron chi connectivity index (χ0n) is 16.1. The Morgan fingerprint density at radius 2 is 2.10 bits per heavy atom. The Kier molecular flexibility index (Phi) is 5.32. The summed E-state index contributed by atoms with van der Waals surface area (Å²) in [5, 5.41) is 13.0. The van der Waals surface area contributed by atoms with E-state index in [1.165, 1.54) is 0 Å². The first-order valence-corrected chi connectivity index (χ1v) is 9.35. The quantitative estimate of drug-likeness (QED) is 0.328. The smallest absolute Gasteiger partial charge is 0.347 e. The lowest BCUT2D eigenvalue weighted by atomic mass is 10.1. The Labute approximate surface area is 171 Å². The maximum atomic E-state index is 12.9. The third-order valence-corrected chi connectivity index (χ3v) is 4.53. The summed E-state index contributed by atoms with van der Waals surface area (Å²) < 4.78 is 10.8. The van der Waals surface area contributed by atoms with Crippen molar-refractivity contribution in [1.82, 2.24) is 9.97 Å². The van der Waals surface area contributed by atoms with Crippen molar-refractivity contribution >= 4 is 34.5 Å². The van der Waals surface area contributed by atoms with Crippen molar-refractivity contribution < 1.29 is 24.2 Å². The molecule has 3 N–H and O–H groups in total. The number of carbonyl (C=O) groups is 2. The Bertz CT molecular complexity index is 1170. The van der Waals surface area contributed by atoms with Gasteiger partial charge in [0.1, 0.15) is 5.65 Å². The average Bonchev–Trinajstić information content (AvgIpc) is 3.30. The first-order valence-electron chi connectivity index (χ1n) is 9.35. The molecule has 0 saturated carbocycles. The molecule has 8 heteroatoms. The van der Waals surface area contributed by atoms with Crippen molar-refractivity contribution in [1.29, 1.82) is 0 Å². The number of rotatable bonds is 6. The van der Waals surface area contributed by atoms with Gasteiger partial charge < -0.3 is 24.9 Å². The van der Waals surface area contributed by atoms with Crippen LogP contribution < -0.4 is 5.32 Å². The minimum atomic E-state index is -0.763. The van der Waals surface area contributed by atoms with Gasteiger partial charge >= 0.3 is 5.97 Å². The first-order chi connectivity index (χ1) is 14.6. The number of aliphatic hydroxyl groups excluding tert-OH is 1. The number of benzene rings is 1. The number of nitrogens with one attached hydrogen (secondary N) is 2. The van der Waals surface area contributed by atoms with Crippen LogP contribution >= 0.6 is 0 Å². The SMILES string of the molecule is CCOC(=O)C1=C(Nc2ccc(CO)cc2)OC(=Cc2c[nH]c3ncccc23)C1=O. The second-order valence-corrected chi connectivity index (χ2v) is 6.49. The predicted molar refractivity (Wildman–Crippen MR) is 110 cm³/mol. The minimum Gasteiger partial charge on any atom is -0.462 e. The summed E-state index contributed by atoms with van der Waals surface area (Å²) in [6.45, 7) is 1.70. The number of esters is 1. The van der Waals surface area contributed by atoms with Crippen LogP contribution in [0.15, 0.2) is 66.0 Å². The number of Topliss-reactive ketones (excluding diaryl/α,β-unsaturated/α-hetero) is 1. The number of pyridine rings is 1. The monoisotopic (exact) mass is 405 g/mol. The summed E-state index contributed by atoms with van der Waals surface area (Å²) >= 11 is 0. The lowest BCUT2D eigenvalue weighted by molar-refractivity contribution is -0.139. The Balaban J connectivity index is 1.68. The van der Waals surface area contributed by atoms with E-state index in [2.05, 4.69) is 15.3 Å². The molecule has 3 heterocycles. The molecule has 0 aliphatic carbocycles. The van der Waals surface area contributed by atoms with Crippen molar-refractivity contribution in [2.45, 2.75) is 13.5 Å². The highest BCUT2D eigenvalue weighted by atomic mass is 16.5. The number of allylic oxidation sites excluding steroid dienone is 1. The Hall–Kier alpha value is -3.91.